The van der Waals surface area contributed by atoms with Crippen LogP contribution in [0.25, 0.3) is 0 Å². The SMILES string of the molecule is CCOc1ccncc1S(=O)[O-].[Na+]. The van der Waals surface area contributed by atoms with E-state index >= 15 is 0 Å². The molecule has 1 atom stereocenters. The Morgan fingerprint density at radius 1 is 1.69 bits per heavy atom. The molecule has 1 aromatic rings. The fourth-order valence-electron chi connectivity index (χ4n) is 0.767. The molecule has 0 N–H and O–H groups in total. The predicted molar refractivity (Wildman–Crippen MR) is 42.6 cm³/mol. The minimum atomic E-state index is -2.28. The summed E-state index contributed by atoms with van der Waals surface area (Å²) < 4.78 is 26.2. The fourth-order valence-corrected chi connectivity index (χ4v) is 1.21. The van der Waals surface area contributed by atoms with Crippen molar-refractivity contribution in [1.29, 1.82) is 0 Å². The summed E-state index contributed by atoms with van der Waals surface area (Å²) in [5.41, 5.74) is 0. The van der Waals surface area contributed by atoms with Crippen molar-refractivity contribution in [2.75, 3.05) is 6.61 Å². The Morgan fingerprint density at radius 3 is 2.92 bits per heavy atom. The standard InChI is InChI=1S/C7H9NO3S.Na/c1-2-11-6-3-4-8-5-7(6)12(9)10;/h3-5H,2H2,1H3,(H,9,10);/q;+1/p-1. The Balaban J connectivity index is 0.00000144. The van der Waals surface area contributed by atoms with Gasteiger partial charge in [0.05, 0.1) is 11.5 Å². The zero-order valence-electron chi connectivity index (χ0n) is 7.52. The Bertz CT molecular complexity index is 295. The molecule has 13 heavy (non-hydrogen) atoms. The van der Waals surface area contributed by atoms with Crippen molar-refractivity contribution in [3.8, 4) is 5.75 Å². The topological polar surface area (TPSA) is 62.2 Å². The smallest absolute Gasteiger partial charge is 0.768 e. The first-order valence-corrected chi connectivity index (χ1v) is 4.49. The molecule has 0 aliphatic rings. The average molecular weight is 209 g/mol. The quantitative estimate of drug-likeness (QED) is 0.416. The number of aromatic nitrogens is 1. The molecular weight excluding hydrogens is 201 g/mol. The number of ether oxygens (including phenoxy) is 1. The van der Waals surface area contributed by atoms with Gasteiger partial charge in [-0.1, -0.05) is 0 Å². The van der Waals surface area contributed by atoms with E-state index in [1.165, 1.54) is 18.5 Å². The van der Waals surface area contributed by atoms with Gasteiger partial charge >= 0.3 is 29.6 Å². The molecule has 0 spiro atoms. The number of pyridine rings is 1. The molecule has 0 radical (unpaired) electrons. The van der Waals surface area contributed by atoms with Crippen molar-refractivity contribution < 1.29 is 43.1 Å². The van der Waals surface area contributed by atoms with Crippen molar-refractivity contribution in [3.63, 3.8) is 0 Å². The summed E-state index contributed by atoms with van der Waals surface area (Å²) in [4.78, 5) is 3.77. The van der Waals surface area contributed by atoms with Crippen LogP contribution in [0.2, 0.25) is 0 Å². The first kappa shape index (κ1) is 13.1. The minimum Gasteiger partial charge on any atom is -0.768 e. The van der Waals surface area contributed by atoms with Crippen LogP contribution in [0, 0.1) is 0 Å². The second kappa shape index (κ2) is 6.50. The van der Waals surface area contributed by atoms with Crippen LogP contribution >= 0.6 is 0 Å². The molecule has 0 saturated carbocycles. The first-order chi connectivity index (χ1) is 5.75. The molecular formula is C7H8NNaO3S. The molecule has 0 aromatic carbocycles. The van der Waals surface area contributed by atoms with Gasteiger partial charge < -0.3 is 9.29 Å². The molecule has 0 aliphatic carbocycles. The molecule has 4 nitrogen and oxygen atoms in total. The van der Waals surface area contributed by atoms with E-state index in [1.807, 2.05) is 0 Å². The molecule has 6 heteroatoms. The van der Waals surface area contributed by atoms with Crippen LogP contribution in [0.5, 0.6) is 5.75 Å². The van der Waals surface area contributed by atoms with Gasteiger partial charge in [-0.2, -0.15) is 0 Å². The molecule has 1 rings (SSSR count). The Hall–Kier alpha value is 0.0600. The van der Waals surface area contributed by atoms with E-state index in [0.717, 1.165) is 0 Å². The van der Waals surface area contributed by atoms with Crippen LogP contribution in [0.4, 0.5) is 0 Å². The third kappa shape index (κ3) is 3.74. The first-order valence-electron chi connectivity index (χ1n) is 3.41. The van der Waals surface area contributed by atoms with Gasteiger partial charge in [-0.25, -0.2) is 0 Å². The van der Waals surface area contributed by atoms with E-state index in [-0.39, 0.29) is 34.5 Å². The summed E-state index contributed by atoms with van der Waals surface area (Å²) in [6.07, 6.45) is 2.75. The molecule has 0 fully saturated rings. The van der Waals surface area contributed by atoms with Crippen molar-refractivity contribution in [2.24, 2.45) is 0 Å². The van der Waals surface area contributed by atoms with Crippen LogP contribution in [0.3, 0.4) is 0 Å². The Kier molecular flexibility index (Phi) is 6.53. The summed E-state index contributed by atoms with van der Waals surface area (Å²) in [6, 6.07) is 1.52. The number of rotatable bonds is 3. The summed E-state index contributed by atoms with van der Waals surface area (Å²) in [7, 11) is 0. The maximum absolute atomic E-state index is 10.6. The molecule has 1 unspecified atom stereocenters. The third-order valence-electron chi connectivity index (χ3n) is 1.23. The van der Waals surface area contributed by atoms with Crippen LogP contribution in [-0.4, -0.2) is 20.4 Å². The van der Waals surface area contributed by atoms with Gasteiger partial charge in [-0.05, 0) is 24.1 Å². The maximum Gasteiger partial charge on any atom is 1.00 e. The molecule has 0 amide bonds. The predicted octanol–water partition coefficient (Wildman–Crippen LogP) is -2.28. The van der Waals surface area contributed by atoms with E-state index in [2.05, 4.69) is 4.98 Å². The second-order valence-corrected chi connectivity index (χ2v) is 2.90. The zero-order chi connectivity index (χ0) is 8.97. The van der Waals surface area contributed by atoms with Crippen molar-refractivity contribution in [1.82, 2.24) is 4.98 Å². The third-order valence-corrected chi connectivity index (χ3v) is 1.89. The van der Waals surface area contributed by atoms with Crippen LogP contribution in [0.15, 0.2) is 23.4 Å². The van der Waals surface area contributed by atoms with E-state index < -0.39 is 11.1 Å². The van der Waals surface area contributed by atoms with Crippen LogP contribution in [0.1, 0.15) is 6.92 Å². The number of nitrogens with zero attached hydrogens (tertiary/aromatic N) is 1. The molecule has 1 aromatic heterocycles. The number of hydrogen-bond donors (Lipinski definition) is 0. The largest absolute Gasteiger partial charge is 1.00 e. The van der Waals surface area contributed by atoms with E-state index in [1.54, 1.807) is 6.92 Å². The van der Waals surface area contributed by atoms with E-state index in [0.29, 0.717) is 12.4 Å². The monoisotopic (exact) mass is 209 g/mol. The van der Waals surface area contributed by atoms with Crippen molar-refractivity contribution >= 4 is 11.1 Å². The van der Waals surface area contributed by atoms with E-state index in [4.69, 9.17) is 4.74 Å². The molecule has 0 aliphatic heterocycles. The molecule has 1 heterocycles. The molecule has 0 bridgehead atoms. The minimum absolute atomic E-state index is 0. The Labute approximate surface area is 101 Å². The van der Waals surface area contributed by atoms with Crippen LogP contribution < -0.4 is 34.3 Å². The van der Waals surface area contributed by atoms with Gasteiger partial charge in [-0.3, -0.25) is 9.19 Å². The maximum atomic E-state index is 10.6. The Morgan fingerprint density at radius 2 is 2.38 bits per heavy atom. The van der Waals surface area contributed by atoms with Crippen LogP contribution in [-0.2, 0) is 11.1 Å². The van der Waals surface area contributed by atoms with Gasteiger partial charge in [0, 0.05) is 12.4 Å². The zero-order valence-corrected chi connectivity index (χ0v) is 10.3. The van der Waals surface area contributed by atoms with Gasteiger partial charge in [0.15, 0.2) is 0 Å². The normalized spacial score (nSPS) is 11.5. The fraction of sp³-hybridized carbons (Fsp3) is 0.286. The van der Waals surface area contributed by atoms with Gasteiger partial charge in [-0.15, -0.1) is 0 Å². The van der Waals surface area contributed by atoms with Gasteiger partial charge in [0.25, 0.3) is 0 Å². The summed E-state index contributed by atoms with van der Waals surface area (Å²) >= 11 is -2.28. The second-order valence-electron chi connectivity index (χ2n) is 1.99. The van der Waals surface area contributed by atoms with E-state index in [9.17, 15) is 8.76 Å². The van der Waals surface area contributed by atoms with Crippen molar-refractivity contribution in [3.05, 3.63) is 18.5 Å². The van der Waals surface area contributed by atoms with Crippen molar-refractivity contribution in [2.45, 2.75) is 11.8 Å². The molecule has 0 saturated heterocycles. The number of hydrogen-bond acceptors (Lipinski definition) is 4. The molecule has 66 valence electrons. The van der Waals surface area contributed by atoms with Gasteiger partial charge in [0.1, 0.15) is 5.75 Å². The summed E-state index contributed by atoms with van der Waals surface area (Å²) in [5, 5.41) is 0. The summed E-state index contributed by atoms with van der Waals surface area (Å²) in [6.45, 7) is 2.23. The van der Waals surface area contributed by atoms with Gasteiger partial charge in [0.2, 0.25) is 0 Å². The average Bonchev–Trinajstić information content (AvgIpc) is 2.05. The summed E-state index contributed by atoms with van der Waals surface area (Å²) in [5.74, 6) is 0.348.